The summed E-state index contributed by atoms with van der Waals surface area (Å²) in [7, 11) is 0. The lowest BCUT2D eigenvalue weighted by molar-refractivity contribution is -0.135. The van der Waals surface area contributed by atoms with Crippen molar-refractivity contribution >= 4 is 16.8 Å². The van der Waals surface area contributed by atoms with Crippen molar-refractivity contribution in [1.82, 2.24) is 10.5 Å². The van der Waals surface area contributed by atoms with Crippen LogP contribution in [0.25, 0.3) is 10.9 Å². The van der Waals surface area contributed by atoms with Gasteiger partial charge in [-0.2, -0.15) is 0 Å². The average Bonchev–Trinajstić information content (AvgIpc) is 2.81. The Morgan fingerprint density at radius 1 is 1.40 bits per heavy atom. The molecule has 0 aliphatic heterocycles. The Hall–Kier alpha value is -1.85. The van der Waals surface area contributed by atoms with Crippen LogP contribution in [0.15, 0.2) is 30.5 Å². The summed E-state index contributed by atoms with van der Waals surface area (Å²) < 4.78 is 0. The van der Waals surface area contributed by atoms with E-state index in [4.69, 9.17) is 10.6 Å². The molecule has 0 saturated heterocycles. The molecule has 20 heavy (non-hydrogen) atoms. The molecule has 2 rings (SSSR count). The van der Waals surface area contributed by atoms with E-state index in [1.165, 1.54) is 0 Å². The van der Waals surface area contributed by atoms with Crippen molar-refractivity contribution in [2.75, 3.05) is 6.61 Å². The fourth-order valence-corrected chi connectivity index (χ4v) is 1.99. The quantitative estimate of drug-likeness (QED) is 0.702. The van der Waals surface area contributed by atoms with Crippen LogP contribution < -0.4 is 11.2 Å². The average molecular weight is 275 g/mol. The van der Waals surface area contributed by atoms with E-state index in [0.717, 1.165) is 16.5 Å². The second kappa shape index (κ2) is 6.54. The van der Waals surface area contributed by atoms with E-state index >= 15 is 0 Å². The molecule has 0 aliphatic rings. The fourth-order valence-electron chi connectivity index (χ4n) is 1.99. The number of nitrogens with one attached hydrogen (secondary N) is 2. The molecule has 2 aromatic rings. The number of para-hydroxylation sites is 1. The van der Waals surface area contributed by atoms with Crippen LogP contribution >= 0.6 is 0 Å². The van der Waals surface area contributed by atoms with Crippen molar-refractivity contribution < 1.29 is 9.63 Å². The Morgan fingerprint density at radius 2 is 2.15 bits per heavy atom. The molecule has 0 spiro atoms. The van der Waals surface area contributed by atoms with Gasteiger partial charge in [-0.3, -0.25) is 9.63 Å². The van der Waals surface area contributed by atoms with Gasteiger partial charge in [-0.1, -0.05) is 32.0 Å². The van der Waals surface area contributed by atoms with E-state index in [2.05, 4.69) is 10.5 Å². The van der Waals surface area contributed by atoms with Crippen LogP contribution in [0.1, 0.15) is 19.4 Å². The van der Waals surface area contributed by atoms with Gasteiger partial charge in [-0.05, 0) is 24.0 Å². The zero-order valence-corrected chi connectivity index (χ0v) is 11.8. The van der Waals surface area contributed by atoms with Crippen LogP contribution in [0.2, 0.25) is 0 Å². The number of hydrogen-bond donors (Lipinski definition) is 3. The monoisotopic (exact) mass is 275 g/mol. The molecular formula is C15H21N3O2. The van der Waals surface area contributed by atoms with E-state index in [1.807, 2.05) is 44.3 Å². The molecule has 5 heteroatoms. The molecular weight excluding hydrogens is 254 g/mol. The van der Waals surface area contributed by atoms with Crippen LogP contribution in [0, 0.1) is 5.92 Å². The number of hydroxylamine groups is 1. The minimum Gasteiger partial charge on any atom is -0.361 e. The summed E-state index contributed by atoms with van der Waals surface area (Å²) in [5, 5.41) is 1.10. The predicted octanol–water partition coefficient (Wildman–Crippen LogP) is 1.74. The van der Waals surface area contributed by atoms with Gasteiger partial charge in [0.05, 0.1) is 12.6 Å². The molecule has 1 amide bonds. The summed E-state index contributed by atoms with van der Waals surface area (Å²) in [6.07, 6.45) is 2.37. The minimum absolute atomic E-state index is 0.295. The highest BCUT2D eigenvalue weighted by Crippen LogP contribution is 2.18. The van der Waals surface area contributed by atoms with E-state index < -0.39 is 6.04 Å². The molecule has 0 fully saturated rings. The molecule has 1 heterocycles. The van der Waals surface area contributed by atoms with E-state index in [9.17, 15) is 4.79 Å². The normalized spacial score (nSPS) is 12.8. The highest BCUT2D eigenvalue weighted by atomic mass is 16.7. The molecule has 4 N–H and O–H groups in total. The third-order valence-electron chi connectivity index (χ3n) is 3.04. The number of aromatic amines is 1. The molecule has 0 unspecified atom stereocenters. The van der Waals surface area contributed by atoms with Crippen molar-refractivity contribution in [3.63, 3.8) is 0 Å². The van der Waals surface area contributed by atoms with Crippen LogP contribution in [-0.2, 0) is 16.1 Å². The first-order valence-corrected chi connectivity index (χ1v) is 6.80. The number of fused-ring (bicyclic) bond motifs is 1. The third-order valence-corrected chi connectivity index (χ3v) is 3.04. The van der Waals surface area contributed by atoms with Gasteiger partial charge in [-0.25, -0.2) is 5.48 Å². The molecule has 1 aromatic heterocycles. The van der Waals surface area contributed by atoms with Crippen molar-refractivity contribution in [1.29, 1.82) is 0 Å². The fraction of sp³-hybridized carbons (Fsp3) is 0.400. The number of carbonyl (C=O) groups excluding carboxylic acids is 1. The van der Waals surface area contributed by atoms with E-state index in [0.29, 0.717) is 18.9 Å². The van der Waals surface area contributed by atoms with Crippen LogP contribution in [0.3, 0.4) is 0 Å². The van der Waals surface area contributed by atoms with Gasteiger partial charge < -0.3 is 10.7 Å². The van der Waals surface area contributed by atoms with Crippen molar-refractivity contribution in [2.45, 2.75) is 26.3 Å². The van der Waals surface area contributed by atoms with Gasteiger partial charge in [0.25, 0.3) is 5.91 Å². The first kappa shape index (κ1) is 14.6. The number of rotatable bonds is 6. The molecule has 1 aromatic carbocycles. The largest absolute Gasteiger partial charge is 0.361 e. The van der Waals surface area contributed by atoms with Crippen molar-refractivity contribution in [3.05, 3.63) is 36.0 Å². The Bertz CT molecular complexity index is 577. The van der Waals surface area contributed by atoms with Gasteiger partial charge >= 0.3 is 0 Å². The van der Waals surface area contributed by atoms with Gasteiger partial charge in [0.1, 0.15) is 0 Å². The summed E-state index contributed by atoms with van der Waals surface area (Å²) in [5.74, 6) is 0.0658. The maximum Gasteiger partial charge on any atom is 0.260 e. The Kier molecular flexibility index (Phi) is 4.76. The summed E-state index contributed by atoms with van der Waals surface area (Å²) in [6, 6.07) is 7.32. The summed E-state index contributed by atoms with van der Waals surface area (Å²) >= 11 is 0. The van der Waals surface area contributed by atoms with Crippen LogP contribution in [0.4, 0.5) is 0 Å². The number of amides is 1. The Morgan fingerprint density at radius 3 is 2.90 bits per heavy atom. The number of nitrogens with two attached hydrogens (primary N) is 1. The number of carbonyl (C=O) groups is 1. The lowest BCUT2D eigenvalue weighted by atomic mass is 10.1. The van der Waals surface area contributed by atoms with Gasteiger partial charge in [0.2, 0.25) is 0 Å². The van der Waals surface area contributed by atoms with Gasteiger partial charge in [0, 0.05) is 17.1 Å². The van der Waals surface area contributed by atoms with Crippen molar-refractivity contribution in [2.24, 2.45) is 11.7 Å². The maximum absolute atomic E-state index is 11.8. The lowest BCUT2D eigenvalue weighted by Crippen LogP contribution is -2.42. The number of H-pyrrole nitrogens is 1. The topological polar surface area (TPSA) is 80.1 Å². The molecule has 0 aliphatic carbocycles. The second-order valence-corrected chi connectivity index (χ2v) is 5.34. The van der Waals surface area contributed by atoms with Crippen LogP contribution in [0.5, 0.6) is 0 Å². The Balaban J connectivity index is 1.93. The summed E-state index contributed by atoms with van der Waals surface area (Å²) in [6.45, 7) is 4.50. The third kappa shape index (κ3) is 3.59. The van der Waals surface area contributed by atoms with Gasteiger partial charge in [0.15, 0.2) is 0 Å². The summed E-state index contributed by atoms with van der Waals surface area (Å²) in [5.41, 5.74) is 10.4. The number of hydrogen-bond acceptors (Lipinski definition) is 3. The zero-order chi connectivity index (χ0) is 14.5. The predicted molar refractivity (Wildman–Crippen MR) is 78.9 cm³/mol. The Labute approximate surface area is 118 Å². The van der Waals surface area contributed by atoms with Gasteiger partial charge in [-0.15, -0.1) is 0 Å². The number of benzene rings is 1. The summed E-state index contributed by atoms with van der Waals surface area (Å²) in [4.78, 5) is 20.1. The first-order valence-electron chi connectivity index (χ1n) is 6.80. The highest BCUT2D eigenvalue weighted by Gasteiger charge is 2.16. The number of aromatic nitrogens is 1. The minimum atomic E-state index is -0.624. The molecule has 0 bridgehead atoms. The first-order chi connectivity index (χ1) is 9.58. The zero-order valence-electron chi connectivity index (χ0n) is 11.8. The standard InChI is InChI=1S/C15H21N3O2/c1-10(2)9-20-18-15(19)13(16)7-11-8-17-14-6-4-3-5-12(11)14/h3-6,8,10,13,17H,7,9,16H2,1-2H3,(H,18,19)/t13-/m1/s1. The maximum atomic E-state index is 11.8. The molecule has 0 radical (unpaired) electrons. The molecule has 1 atom stereocenters. The van der Waals surface area contributed by atoms with Crippen molar-refractivity contribution in [3.8, 4) is 0 Å². The van der Waals surface area contributed by atoms with E-state index in [1.54, 1.807) is 0 Å². The second-order valence-electron chi connectivity index (χ2n) is 5.34. The lowest BCUT2D eigenvalue weighted by Gasteiger charge is -2.12. The molecule has 0 saturated carbocycles. The van der Waals surface area contributed by atoms with Crippen LogP contribution in [-0.4, -0.2) is 23.5 Å². The molecule has 108 valence electrons. The SMILES string of the molecule is CC(C)CONC(=O)[C@H](N)Cc1c[nH]c2ccccc12. The highest BCUT2D eigenvalue weighted by molar-refractivity contribution is 5.85. The smallest absolute Gasteiger partial charge is 0.260 e. The molecule has 5 nitrogen and oxygen atoms in total. The van der Waals surface area contributed by atoms with E-state index in [-0.39, 0.29) is 5.91 Å².